The molecule has 2 atom stereocenters. The Balaban J connectivity index is 1.37. The van der Waals surface area contributed by atoms with Gasteiger partial charge in [-0.05, 0) is 67.9 Å². The first-order valence-electron chi connectivity index (χ1n) is 11.7. The molecule has 3 aromatic rings. The molecule has 1 aliphatic heterocycles. The molecule has 2 aromatic heterocycles. The third kappa shape index (κ3) is 4.37. The van der Waals surface area contributed by atoms with Gasteiger partial charge in [-0.15, -0.1) is 0 Å². The van der Waals surface area contributed by atoms with Crippen LogP contribution in [0.25, 0.3) is 0 Å². The average Bonchev–Trinajstić information content (AvgIpc) is 3.58. The first kappa shape index (κ1) is 21.0. The highest BCUT2D eigenvalue weighted by Crippen LogP contribution is 2.41. The van der Waals surface area contributed by atoms with Crippen LogP contribution in [0.5, 0.6) is 0 Å². The molecule has 0 spiro atoms. The summed E-state index contributed by atoms with van der Waals surface area (Å²) in [5, 5.41) is 7.94. The maximum absolute atomic E-state index is 5.85. The molecule has 5 nitrogen and oxygen atoms in total. The Kier molecular flexibility index (Phi) is 6.39. The second kappa shape index (κ2) is 9.74. The van der Waals surface area contributed by atoms with Gasteiger partial charge in [-0.2, -0.15) is 0 Å². The Morgan fingerprint density at radius 2 is 1.81 bits per heavy atom. The van der Waals surface area contributed by atoms with Gasteiger partial charge in [-0.25, -0.2) is 0 Å². The van der Waals surface area contributed by atoms with Gasteiger partial charge in [0.15, 0.2) is 5.11 Å². The van der Waals surface area contributed by atoms with E-state index in [4.69, 9.17) is 12.2 Å². The van der Waals surface area contributed by atoms with Crippen molar-refractivity contribution in [3.63, 3.8) is 0 Å². The highest BCUT2D eigenvalue weighted by Gasteiger charge is 2.41. The Labute approximate surface area is 195 Å². The highest BCUT2D eigenvalue weighted by molar-refractivity contribution is 7.80. The summed E-state index contributed by atoms with van der Waals surface area (Å²) in [7, 11) is 0. The Hall–Kier alpha value is -2.86. The number of nitrogens with one attached hydrogen (secondary N) is 2. The third-order valence-electron chi connectivity index (χ3n) is 6.71. The van der Waals surface area contributed by atoms with Crippen LogP contribution < -0.4 is 10.6 Å². The van der Waals surface area contributed by atoms with Gasteiger partial charge in [-0.3, -0.25) is 4.98 Å². The second-order valence-electron chi connectivity index (χ2n) is 8.74. The van der Waals surface area contributed by atoms with Crippen molar-refractivity contribution in [2.45, 2.75) is 50.2 Å². The Morgan fingerprint density at radius 1 is 1.00 bits per heavy atom. The second-order valence-corrected chi connectivity index (χ2v) is 9.13. The fourth-order valence-corrected chi connectivity index (χ4v) is 5.51. The van der Waals surface area contributed by atoms with Crippen molar-refractivity contribution in [1.82, 2.24) is 19.8 Å². The van der Waals surface area contributed by atoms with Crippen LogP contribution in [-0.2, 0) is 0 Å². The largest absolute Gasteiger partial charge is 0.385 e. The molecule has 2 aliphatic rings. The van der Waals surface area contributed by atoms with E-state index in [-0.39, 0.29) is 12.1 Å². The van der Waals surface area contributed by atoms with Crippen molar-refractivity contribution < 1.29 is 0 Å². The molecule has 0 unspecified atom stereocenters. The van der Waals surface area contributed by atoms with Crippen LogP contribution in [-0.4, -0.2) is 32.7 Å². The summed E-state index contributed by atoms with van der Waals surface area (Å²) in [6.07, 6.45) is 10.3. The molecule has 32 heavy (non-hydrogen) atoms. The predicted molar refractivity (Wildman–Crippen MR) is 134 cm³/mol. The summed E-state index contributed by atoms with van der Waals surface area (Å²) in [6, 6.07) is 21.8. The molecule has 0 radical (unpaired) electrons. The van der Waals surface area contributed by atoms with Gasteiger partial charge in [-0.1, -0.05) is 37.1 Å². The zero-order chi connectivity index (χ0) is 21.8. The predicted octanol–water partition coefficient (Wildman–Crippen LogP) is 5.47. The Bertz CT molecular complexity index is 1010. The van der Waals surface area contributed by atoms with E-state index in [1.807, 2.05) is 18.3 Å². The van der Waals surface area contributed by atoms with E-state index < -0.39 is 0 Å². The summed E-state index contributed by atoms with van der Waals surface area (Å²) in [4.78, 5) is 7.06. The minimum absolute atomic E-state index is 0.0563. The van der Waals surface area contributed by atoms with Crippen LogP contribution in [0.15, 0.2) is 73.1 Å². The number of hydrogen-bond donors (Lipinski definition) is 2. The molecule has 1 aromatic carbocycles. The fourth-order valence-electron chi connectivity index (χ4n) is 5.18. The molecule has 1 saturated heterocycles. The van der Waals surface area contributed by atoms with Gasteiger partial charge in [0.1, 0.15) is 0 Å². The molecule has 1 saturated carbocycles. The van der Waals surface area contributed by atoms with Crippen LogP contribution in [0.1, 0.15) is 61.6 Å². The lowest BCUT2D eigenvalue weighted by Gasteiger charge is -2.30. The van der Waals surface area contributed by atoms with Crippen molar-refractivity contribution in [3.8, 4) is 0 Å². The lowest BCUT2D eigenvalue weighted by atomic mass is 10.0. The van der Waals surface area contributed by atoms with Crippen molar-refractivity contribution in [1.29, 1.82) is 0 Å². The van der Waals surface area contributed by atoms with Crippen LogP contribution in [0.4, 0.5) is 5.69 Å². The fraction of sp³-hybridized carbons (Fsp3) is 0.385. The van der Waals surface area contributed by atoms with Gasteiger partial charge in [0.25, 0.3) is 0 Å². The molecule has 3 heterocycles. The Morgan fingerprint density at radius 3 is 2.59 bits per heavy atom. The summed E-state index contributed by atoms with van der Waals surface area (Å²) in [6.45, 7) is 1.81. The quantitative estimate of drug-likeness (QED) is 0.355. The highest BCUT2D eigenvalue weighted by atomic mass is 32.1. The topological polar surface area (TPSA) is 45.1 Å². The van der Waals surface area contributed by atoms with E-state index in [0.717, 1.165) is 36.0 Å². The lowest BCUT2D eigenvalue weighted by Crippen LogP contribution is -2.32. The van der Waals surface area contributed by atoms with E-state index in [9.17, 15) is 0 Å². The maximum atomic E-state index is 5.85. The van der Waals surface area contributed by atoms with Gasteiger partial charge in [0.2, 0.25) is 0 Å². The number of benzene rings is 1. The number of para-hydroxylation sites is 1. The number of nitrogens with zero attached hydrogens (tertiary/aromatic N) is 3. The van der Waals surface area contributed by atoms with E-state index in [0.29, 0.717) is 6.04 Å². The number of pyridine rings is 1. The molecule has 2 fully saturated rings. The number of hydrogen-bond acceptors (Lipinski definition) is 3. The molecule has 2 N–H and O–H groups in total. The molecule has 166 valence electrons. The normalized spacial score (nSPS) is 21.1. The van der Waals surface area contributed by atoms with E-state index in [1.54, 1.807) is 0 Å². The van der Waals surface area contributed by atoms with Gasteiger partial charge < -0.3 is 20.1 Å². The number of aromatic nitrogens is 2. The molecule has 0 bridgehead atoms. The van der Waals surface area contributed by atoms with Gasteiger partial charge in [0.05, 0.1) is 17.8 Å². The van der Waals surface area contributed by atoms with Crippen LogP contribution in [0.3, 0.4) is 0 Å². The van der Waals surface area contributed by atoms with Gasteiger partial charge >= 0.3 is 0 Å². The van der Waals surface area contributed by atoms with Crippen molar-refractivity contribution in [2.24, 2.45) is 0 Å². The van der Waals surface area contributed by atoms with Crippen molar-refractivity contribution >= 4 is 23.0 Å². The summed E-state index contributed by atoms with van der Waals surface area (Å²) < 4.78 is 2.51. The SMILES string of the molecule is S=C1N[C@@H](c2ccccn2)[C@H](c2cccn2C2CCCC2)N1CCCNc1ccccc1. The average molecular weight is 446 g/mol. The minimum Gasteiger partial charge on any atom is -0.385 e. The first-order valence-corrected chi connectivity index (χ1v) is 12.2. The first-order chi connectivity index (χ1) is 15.8. The summed E-state index contributed by atoms with van der Waals surface area (Å²) in [5.41, 5.74) is 3.55. The lowest BCUT2D eigenvalue weighted by molar-refractivity contribution is 0.295. The third-order valence-corrected chi connectivity index (χ3v) is 7.06. The summed E-state index contributed by atoms with van der Waals surface area (Å²) >= 11 is 5.85. The summed E-state index contributed by atoms with van der Waals surface area (Å²) in [5.74, 6) is 0. The molecule has 6 heteroatoms. The van der Waals surface area contributed by atoms with Gasteiger partial charge in [0, 0.05) is 42.9 Å². The number of anilines is 1. The maximum Gasteiger partial charge on any atom is 0.170 e. The number of thiocarbonyl (C=S) groups is 1. The van der Waals surface area contributed by atoms with E-state index >= 15 is 0 Å². The molecule has 1 aliphatic carbocycles. The zero-order valence-corrected chi connectivity index (χ0v) is 19.2. The van der Waals surface area contributed by atoms with E-state index in [2.05, 4.69) is 79.8 Å². The monoisotopic (exact) mass is 445 g/mol. The van der Waals surface area contributed by atoms with Crippen LogP contribution in [0.2, 0.25) is 0 Å². The smallest absolute Gasteiger partial charge is 0.170 e. The van der Waals surface area contributed by atoms with Crippen molar-refractivity contribution in [3.05, 3.63) is 84.4 Å². The van der Waals surface area contributed by atoms with E-state index in [1.165, 1.54) is 31.4 Å². The van der Waals surface area contributed by atoms with Crippen LogP contribution in [0, 0.1) is 0 Å². The van der Waals surface area contributed by atoms with Crippen molar-refractivity contribution in [2.75, 3.05) is 18.4 Å². The van der Waals surface area contributed by atoms with Crippen LogP contribution >= 0.6 is 12.2 Å². The molecule has 0 amide bonds. The molecular weight excluding hydrogens is 414 g/mol. The molecule has 5 rings (SSSR count). The standard InChI is InChI=1S/C26H31N5S/c32-26-29-24(22-14-6-7-16-28-22)25(23-15-8-18-30(23)21-12-4-5-13-21)31(26)19-9-17-27-20-10-2-1-3-11-20/h1-3,6-8,10-11,14-16,18,21,24-25,27H,4-5,9,12-13,17,19H2,(H,29,32)/t24-,25-/m0/s1. The molecular formula is C26H31N5S. The number of rotatable bonds is 8. The zero-order valence-electron chi connectivity index (χ0n) is 18.4. The minimum atomic E-state index is 0.0563.